The first-order chi connectivity index (χ1) is 6.00. The van der Waals surface area contributed by atoms with Gasteiger partial charge in [0.1, 0.15) is 5.82 Å². The molecular formula is C10H14FNS. The standard InChI is InChI=1S/C10H14FNS/c1-7-5-9(11)6-8(2)10(7)12-13(3)4/h5-6,12H,3H2,1-2,4H3. The molecule has 1 aromatic rings. The molecule has 0 bridgehead atoms. The lowest BCUT2D eigenvalue weighted by Gasteiger charge is -2.12. The predicted octanol–water partition coefficient (Wildman–Crippen LogP) is 3.10. The fourth-order valence-corrected chi connectivity index (χ4v) is 1.92. The van der Waals surface area contributed by atoms with E-state index < -0.39 is 0 Å². The highest BCUT2D eigenvalue weighted by molar-refractivity contribution is 8.14. The van der Waals surface area contributed by atoms with Gasteiger partial charge >= 0.3 is 0 Å². The molecule has 1 atom stereocenters. The van der Waals surface area contributed by atoms with Crippen LogP contribution in [-0.4, -0.2) is 12.1 Å². The number of benzene rings is 1. The smallest absolute Gasteiger partial charge is 0.123 e. The maximum absolute atomic E-state index is 12.9. The van der Waals surface area contributed by atoms with Gasteiger partial charge in [-0.15, -0.1) is 10.7 Å². The van der Waals surface area contributed by atoms with Gasteiger partial charge in [0.25, 0.3) is 0 Å². The van der Waals surface area contributed by atoms with Gasteiger partial charge in [0.15, 0.2) is 0 Å². The normalized spacial score (nSPS) is 12.6. The van der Waals surface area contributed by atoms with Crippen molar-refractivity contribution < 1.29 is 4.39 Å². The molecule has 0 saturated carbocycles. The van der Waals surface area contributed by atoms with E-state index in [9.17, 15) is 4.39 Å². The van der Waals surface area contributed by atoms with Crippen molar-refractivity contribution in [3.8, 4) is 0 Å². The zero-order chi connectivity index (χ0) is 10.0. The van der Waals surface area contributed by atoms with Gasteiger partial charge in [-0.05, 0) is 43.4 Å². The second-order valence-corrected chi connectivity index (χ2v) is 4.63. The highest BCUT2D eigenvalue weighted by Gasteiger charge is 2.03. The van der Waals surface area contributed by atoms with Gasteiger partial charge in [-0.2, -0.15) is 0 Å². The van der Waals surface area contributed by atoms with E-state index in [-0.39, 0.29) is 16.5 Å². The largest absolute Gasteiger partial charge is 0.336 e. The summed E-state index contributed by atoms with van der Waals surface area (Å²) in [5.41, 5.74) is 2.86. The quantitative estimate of drug-likeness (QED) is 0.722. The second kappa shape index (κ2) is 3.92. The Balaban J connectivity index is 3.13. The molecule has 1 N–H and O–H groups in total. The average Bonchev–Trinajstić information content (AvgIpc) is 1.96. The third-order valence-electron chi connectivity index (χ3n) is 1.77. The Morgan fingerprint density at radius 3 is 2.15 bits per heavy atom. The summed E-state index contributed by atoms with van der Waals surface area (Å²) in [6.07, 6.45) is 1.99. The van der Waals surface area contributed by atoms with Crippen molar-refractivity contribution in [2.45, 2.75) is 13.8 Å². The first kappa shape index (κ1) is 10.3. The Kier molecular flexibility index (Phi) is 3.09. The fraction of sp³-hybridized carbons (Fsp3) is 0.300. The fourth-order valence-electron chi connectivity index (χ4n) is 1.25. The van der Waals surface area contributed by atoms with Crippen LogP contribution in [0.4, 0.5) is 10.1 Å². The van der Waals surface area contributed by atoms with Crippen molar-refractivity contribution in [1.29, 1.82) is 0 Å². The molecule has 0 spiro atoms. The Labute approximate surface area is 81.0 Å². The van der Waals surface area contributed by atoms with Gasteiger partial charge < -0.3 is 4.72 Å². The van der Waals surface area contributed by atoms with Crippen LogP contribution in [-0.2, 0) is 0 Å². The van der Waals surface area contributed by atoms with Crippen LogP contribution >= 0.6 is 10.7 Å². The van der Waals surface area contributed by atoms with Crippen LogP contribution in [0, 0.1) is 19.7 Å². The lowest BCUT2D eigenvalue weighted by Crippen LogP contribution is -1.95. The van der Waals surface area contributed by atoms with Crippen LogP contribution in [0.3, 0.4) is 0 Å². The van der Waals surface area contributed by atoms with E-state index in [1.807, 2.05) is 20.1 Å². The molecule has 0 aliphatic heterocycles. The first-order valence-electron chi connectivity index (χ1n) is 3.99. The molecular weight excluding hydrogens is 185 g/mol. The SMILES string of the molecule is C=S(C)Nc1c(C)cc(F)cc1C. The van der Waals surface area contributed by atoms with Crippen LogP contribution in [0.2, 0.25) is 0 Å². The molecule has 1 rings (SSSR count). The first-order valence-corrected chi connectivity index (χ1v) is 5.80. The Morgan fingerprint density at radius 2 is 1.77 bits per heavy atom. The Morgan fingerprint density at radius 1 is 1.31 bits per heavy atom. The Bertz CT molecular complexity index is 324. The zero-order valence-corrected chi connectivity index (χ0v) is 8.96. The molecule has 0 heterocycles. The molecule has 1 unspecified atom stereocenters. The lowest BCUT2D eigenvalue weighted by atomic mass is 10.1. The van der Waals surface area contributed by atoms with Crippen molar-refractivity contribution in [2.24, 2.45) is 0 Å². The van der Waals surface area contributed by atoms with Gasteiger partial charge in [0.05, 0.1) is 0 Å². The molecule has 1 aromatic carbocycles. The molecule has 0 fully saturated rings. The van der Waals surface area contributed by atoms with Crippen LogP contribution in [0.25, 0.3) is 0 Å². The number of hydrogen-bond acceptors (Lipinski definition) is 1. The second-order valence-electron chi connectivity index (χ2n) is 3.15. The number of nitrogens with one attached hydrogen (secondary N) is 1. The van der Waals surface area contributed by atoms with Crippen molar-refractivity contribution in [2.75, 3.05) is 11.0 Å². The Hall–Kier alpha value is -0.830. The highest BCUT2D eigenvalue weighted by Crippen LogP contribution is 2.24. The zero-order valence-electron chi connectivity index (χ0n) is 8.15. The summed E-state index contributed by atoms with van der Waals surface area (Å²) in [5, 5.41) is 0. The molecule has 0 saturated heterocycles. The van der Waals surface area contributed by atoms with Crippen molar-refractivity contribution in [3.63, 3.8) is 0 Å². The van der Waals surface area contributed by atoms with Gasteiger partial charge in [-0.25, -0.2) is 4.39 Å². The van der Waals surface area contributed by atoms with Crippen LogP contribution in [0.15, 0.2) is 12.1 Å². The molecule has 72 valence electrons. The van der Waals surface area contributed by atoms with Crippen LogP contribution < -0.4 is 4.72 Å². The van der Waals surface area contributed by atoms with Crippen molar-refractivity contribution in [3.05, 3.63) is 29.1 Å². The maximum Gasteiger partial charge on any atom is 0.123 e. The molecule has 1 nitrogen and oxygen atoms in total. The molecule has 0 aliphatic carbocycles. The summed E-state index contributed by atoms with van der Waals surface area (Å²) in [6, 6.07) is 3.06. The molecule has 3 heteroatoms. The van der Waals surface area contributed by atoms with Crippen LogP contribution in [0.5, 0.6) is 0 Å². The third-order valence-corrected chi connectivity index (χ3v) is 2.33. The van der Waals surface area contributed by atoms with Crippen molar-refractivity contribution in [1.82, 2.24) is 0 Å². The predicted molar refractivity (Wildman–Crippen MR) is 60.1 cm³/mol. The van der Waals surface area contributed by atoms with E-state index in [0.717, 1.165) is 16.8 Å². The number of hydrogen-bond donors (Lipinski definition) is 1. The summed E-state index contributed by atoms with van der Waals surface area (Å²) in [6.45, 7) is 3.79. The number of aryl methyl sites for hydroxylation is 2. The summed E-state index contributed by atoms with van der Waals surface area (Å²) >= 11 is 0. The third kappa shape index (κ3) is 2.56. The summed E-state index contributed by atoms with van der Waals surface area (Å²) in [4.78, 5) is 0. The topological polar surface area (TPSA) is 12.0 Å². The van der Waals surface area contributed by atoms with E-state index in [2.05, 4.69) is 10.6 Å². The summed E-state index contributed by atoms with van der Waals surface area (Å²) < 4.78 is 16.1. The molecule has 0 amide bonds. The summed E-state index contributed by atoms with van der Waals surface area (Å²) in [7, 11) is -0.116. The van der Waals surface area contributed by atoms with E-state index in [1.165, 1.54) is 12.1 Å². The van der Waals surface area contributed by atoms with Crippen LogP contribution in [0.1, 0.15) is 11.1 Å². The number of anilines is 1. The van der Waals surface area contributed by atoms with E-state index in [4.69, 9.17) is 0 Å². The van der Waals surface area contributed by atoms with Gasteiger partial charge in [0, 0.05) is 5.69 Å². The number of rotatable bonds is 2. The summed E-state index contributed by atoms with van der Waals surface area (Å²) in [5.74, 6) is 3.68. The lowest BCUT2D eigenvalue weighted by molar-refractivity contribution is 0.625. The minimum absolute atomic E-state index is 0.116. The average molecular weight is 199 g/mol. The van der Waals surface area contributed by atoms with E-state index >= 15 is 0 Å². The van der Waals surface area contributed by atoms with Crippen molar-refractivity contribution >= 4 is 22.2 Å². The molecule has 0 aliphatic rings. The van der Waals surface area contributed by atoms with Gasteiger partial charge in [-0.1, -0.05) is 5.87 Å². The van der Waals surface area contributed by atoms with Gasteiger partial charge in [0.2, 0.25) is 0 Å². The minimum atomic E-state index is -0.180. The minimum Gasteiger partial charge on any atom is -0.336 e. The number of halogens is 1. The molecule has 0 aromatic heterocycles. The van der Waals surface area contributed by atoms with Gasteiger partial charge in [-0.3, -0.25) is 0 Å². The monoisotopic (exact) mass is 199 g/mol. The van der Waals surface area contributed by atoms with E-state index in [0.29, 0.717) is 0 Å². The van der Waals surface area contributed by atoms with E-state index in [1.54, 1.807) is 0 Å². The highest BCUT2D eigenvalue weighted by atomic mass is 32.2. The molecule has 13 heavy (non-hydrogen) atoms. The molecule has 0 radical (unpaired) electrons. The maximum atomic E-state index is 12.9.